The standard InChI is InChI=1S/C15H21NO/c1-10(2)15-9-16-13-7-11-5-3-4-6-12(11)8-14(13)17-15/h7-8,10,15-16H,3-6,9H2,1-2H3. The topological polar surface area (TPSA) is 21.3 Å². The third kappa shape index (κ3) is 2.01. The summed E-state index contributed by atoms with van der Waals surface area (Å²) in [4.78, 5) is 0. The Labute approximate surface area is 103 Å². The van der Waals surface area contributed by atoms with E-state index in [0.717, 1.165) is 12.3 Å². The first-order valence-electron chi connectivity index (χ1n) is 6.80. The molecule has 1 aliphatic carbocycles. The summed E-state index contributed by atoms with van der Waals surface area (Å²) in [7, 11) is 0. The van der Waals surface area contributed by atoms with Crippen LogP contribution in [0.15, 0.2) is 12.1 Å². The predicted octanol–water partition coefficient (Wildman–Crippen LogP) is 3.39. The fourth-order valence-corrected chi connectivity index (χ4v) is 2.79. The Hall–Kier alpha value is -1.18. The Morgan fingerprint density at radius 2 is 1.88 bits per heavy atom. The summed E-state index contributed by atoms with van der Waals surface area (Å²) < 4.78 is 6.10. The number of hydrogen-bond donors (Lipinski definition) is 1. The zero-order valence-corrected chi connectivity index (χ0v) is 10.8. The van der Waals surface area contributed by atoms with Gasteiger partial charge in [0.1, 0.15) is 11.9 Å². The molecule has 2 nitrogen and oxygen atoms in total. The minimum Gasteiger partial charge on any atom is -0.486 e. The van der Waals surface area contributed by atoms with Gasteiger partial charge in [-0.1, -0.05) is 13.8 Å². The Morgan fingerprint density at radius 1 is 1.18 bits per heavy atom. The molecule has 0 aromatic heterocycles. The van der Waals surface area contributed by atoms with Crippen LogP contribution in [0.25, 0.3) is 0 Å². The third-order valence-corrected chi connectivity index (χ3v) is 3.96. The number of ether oxygens (including phenoxy) is 1. The van der Waals surface area contributed by atoms with Crippen LogP contribution in [0.4, 0.5) is 5.69 Å². The zero-order chi connectivity index (χ0) is 11.8. The molecule has 0 fully saturated rings. The van der Waals surface area contributed by atoms with E-state index in [1.165, 1.54) is 42.5 Å². The molecular formula is C15H21NO. The maximum atomic E-state index is 6.10. The quantitative estimate of drug-likeness (QED) is 0.800. The van der Waals surface area contributed by atoms with Crippen molar-refractivity contribution in [2.45, 2.75) is 45.6 Å². The molecule has 17 heavy (non-hydrogen) atoms. The van der Waals surface area contributed by atoms with Gasteiger partial charge in [0.25, 0.3) is 0 Å². The highest BCUT2D eigenvalue weighted by Gasteiger charge is 2.23. The molecule has 0 bridgehead atoms. The highest BCUT2D eigenvalue weighted by Crippen LogP contribution is 2.36. The van der Waals surface area contributed by atoms with Crippen molar-refractivity contribution in [2.24, 2.45) is 5.92 Å². The van der Waals surface area contributed by atoms with E-state index >= 15 is 0 Å². The molecule has 2 aliphatic rings. The number of anilines is 1. The molecule has 0 spiro atoms. The summed E-state index contributed by atoms with van der Waals surface area (Å²) in [5.41, 5.74) is 4.22. The van der Waals surface area contributed by atoms with Crippen LogP contribution in [0.5, 0.6) is 5.75 Å². The average molecular weight is 231 g/mol. The van der Waals surface area contributed by atoms with Crippen LogP contribution >= 0.6 is 0 Å². The Balaban J connectivity index is 1.92. The van der Waals surface area contributed by atoms with Crippen LogP contribution in [-0.2, 0) is 12.8 Å². The van der Waals surface area contributed by atoms with Crippen LogP contribution in [0.2, 0.25) is 0 Å². The molecule has 92 valence electrons. The largest absolute Gasteiger partial charge is 0.486 e. The van der Waals surface area contributed by atoms with Crippen LogP contribution in [0.3, 0.4) is 0 Å². The Kier molecular flexibility index (Phi) is 2.73. The van der Waals surface area contributed by atoms with Gasteiger partial charge in [-0.25, -0.2) is 0 Å². The van der Waals surface area contributed by atoms with Gasteiger partial charge in [-0.3, -0.25) is 0 Å². The number of aryl methyl sites for hydroxylation is 2. The molecule has 1 aromatic rings. The minimum absolute atomic E-state index is 0.309. The van der Waals surface area contributed by atoms with Gasteiger partial charge in [-0.15, -0.1) is 0 Å². The van der Waals surface area contributed by atoms with E-state index < -0.39 is 0 Å². The summed E-state index contributed by atoms with van der Waals surface area (Å²) in [6.45, 7) is 5.37. The fourth-order valence-electron chi connectivity index (χ4n) is 2.79. The monoisotopic (exact) mass is 231 g/mol. The highest BCUT2D eigenvalue weighted by molar-refractivity contribution is 5.62. The second kappa shape index (κ2) is 4.25. The van der Waals surface area contributed by atoms with E-state index in [0.29, 0.717) is 12.0 Å². The summed E-state index contributed by atoms with van der Waals surface area (Å²) in [5.74, 6) is 1.63. The van der Waals surface area contributed by atoms with E-state index in [-0.39, 0.29) is 0 Å². The number of benzene rings is 1. The number of fused-ring (bicyclic) bond motifs is 2. The van der Waals surface area contributed by atoms with Crippen LogP contribution in [-0.4, -0.2) is 12.6 Å². The van der Waals surface area contributed by atoms with Gasteiger partial charge in [0.15, 0.2) is 0 Å². The van der Waals surface area contributed by atoms with Crippen LogP contribution < -0.4 is 10.1 Å². The molecule has 1 N–H and O–H groups in total. The molecule has 0 saturated carbocycles. The van der Waals surface area contributed by atoms with Crippen LogP contribution in [0, 0.1) is 5.92 Å². The highest BCUT2D eigenvalue weighted by atomic mass is 16.5. The minimum atomic E-state index is 0.309. The number of nitrogens with one attached hydrogen (secondary N) is 1. The molecule has 1 atom stereocenters. The number of hydrogen-bond acceptors (Lipinski definition) is 2. The van der Waals surface area contributed by atoms with Crippen molar-refractivity contribution in [2.75, 3.05) is 11.9 Å². The van der Waals surface area contributed by atoms with Gasteiger partial charge in [0.2, 0.25) is 0 Å². The van der Waals surface area contributed by atoms with Gasteiger partial charge < -0.3 is 10.1 Å². The van der Waals surface area contributed by atoms with Crippen molar-refractivity contribution in [1.29, 1.82) is 0 Å². The van der Waals surface area contributed by atoms with Crippen LogP contribution in [0.1, 0.15) is 37.8 Å². The van der Waals surface area contributed by atoms with Gasteiger partial charge >= 0.3 is 0 Å². The lowest BCUT2D eigenvalue weighted by molar-refractivity contribution is 0.156. The lowest BCUT2D eigenvalue weighted by atomic mass is 9.90. The molecule has 0 amide bonds. The molecule has 3 rings (SSSR count). The third-order valence-electron chi connectivity index (χ3n) is 3.96. The zero-order valence-electron chi connectivity index (χ0n) is 10.8. The lowest BCUT2D eigenvalue weighted by Gasteiger charge is -2.31. The van der Waals surface area contributed by atoms with E-state index in [1.807, 2.05) is 0 Å². The van der Waals surface area contributed by atoms with E-state index in [9.17, 15) is 0 Å². The molecule has 2 heteroatoms. The van der Waals surface area contributed by atoms with Gasteiger partial charge in [0, 0.05) is 0 Å². The SMILES string of the molecule is CC(C)C1CNc2cc3c(cc2O1)CCCC3. The molecule has 1 aromatic carbocycles. The van der Waals surface area contributed by atoms with Crippen molar-refractivity contribution < 1.29 is 4.74 Å². The smallest absolute Gasteiger partial charge is 0.143 e. The molecular weight excluding hydrogens is 210 g/mol. The number of rotatable bonds is 1. The van der Waals surface area contributed by atoms with Gasteiger partial charge in [-0.05, 0) is 54.9 Å². The summed E-state index contributed by atoms with van der Waals surface area (Å²) >= 11 is 0. The van der Waals surface area contributed by atoms with E-state index in [4.69, 9.17) is 4.74 Å². The van der Waals surface area contributed by atoms with Crippen molar-refractivity contribution >= 4 is 5.69 Å². The fraction of sp³-hybridized carbons (Fsp3) is 0.600. The normalized spacial score (nSPS) is 22.4. The lowest BCUT2D eigenvalue weighted by Crippen LogP contribution is -2.35. The Bertz CT molecular complexity index is 425. The first-order valence-corrected chi connectivity index (χ1v) is 6.80. The molecule has 0 saturated heterocycles. The first kappa shape index (κ1) is 10.9. The summed E-state index contributed by atoms with van der Waals surface area (Å²) in [6.07, 6.45) is 5.42. The average Bonchev–Trinajstić information content (AvgIpc) is 2.35. The van der Waals surface area contributed by atoms with Gasteiger partial charge in [-0.2, -0.15) is 0 Å². The first-order chi connectivity index (χ1) is 8.24. The second-order valence-corrected chi connectivity index (χ2v) is 5.61. The van der Waals surface area contributed by atoms with Gasteiger partial charge in [0.05, 0.1) is 12.2 Å². The summed E-state index contributed by atoms with van der Waals surface area (Å²) in [5, 5.41) is 3.52. The van der Waals surface area contributed by atoms with E-state index in [1.54, 1.807) is 0 Å². The summed E-state index contributed by atoms with van der Waals surface area (Å²) in [6, 6.07) is 4.58. The van der Waals surface area contributed by atoms with Crippen molar-refractivity contribution in [3.63, 3.8) is 0 Å². The predicted molar refractivity (Wildman–Crippen MR) is 70.8 cm³/mol. The molecule has 1 aliphatic heterocycles. The Morgan fingerprint density at radius 3 is 2.59 bits per heavy atom. The van der Waals surface area contributed by atoms with E-state index in [2.05, 4.69) is 31.3 Å². The molecule has 1 heterocycles. The maximum Gasteiger partial charge on any atom is 0.143 e. The molecule has 0 radical (unpaired) electrons. The maximum absolute atomic E-state index is 6.10. The second-order valence-electron chi connectivity index (χ2n) is 5.61. The van der Waals surface area contributed by atoms with Crippen molar-refractivity contribution in [3.05, 3.63) is 23.3 Å². The molecule has 1 unspecified atom stereocenters. The van der Waals surface area contributed by atoms with Crippen molar-refractivity contribution in [3.8, 4) is 5.75 Å². The van der Waals surface area contributed by atoms with Crippen molar-refractivity contribution in [1.82, 2.24) is 0 Å².